The third kappa shape index (κ3) is 3.60. The van der Waals surface area contributed by atoms with E-state index in [1.807, 2.05) is 0 Å². The number of halogens is 1. The monoisotopic (exact) mass is 347 g/mol. The zero-order valence-electron chi connectivity index (χ0n) is 14.4. The first kappa shape index (κ1) is 17.3. The molecule has 1 aromatic carbocycles. The average molecular weight is 347 g/mol. The summed E-state index contributed by atoms with van der Waals surface area (Å²) < 4.78 is 20.8. The quantitative estimate of drug-likeness (QED) is 0.920. The Morgan fingerprint density at radius 2 is 2.16 bits per heavy atom. The Morgan fingerprint density at radius 3 is 2.84 bits per heavy atom. The number of rotatable bonds is 4. The fraction of sp³-hybridized carbons (Fsp3) is 0.444. The zero-order chi connectivity index (χ0) is 18.0. The molecule has 1 aliphatic carbocycles. The van der Waals surface area contributed by atoms with E-state index in [0.717, 1.165) is 25.7 Å². The number of phenols is 1. The molecule has 1 saturated carbocycles. The molecule has 134 valence electrons. The lowest BCUT2D eigenvalue weighted by atomic mass is 10.1. The Balaban J connectivity index is 1.73. The third-order valence-electron chi connectivity index (χ3n) is 4.77. The molecule has 0 radical (unpaired) electrons. The number of aromatic nitrogens is 2. The fourth-order valence-corrected chi connectivity index (χ4v) is 3.19. The van der Waals surface area contributed by atoms with Crippen molar-refractivity contribution in [1.82, 2.24) is 14.5 Å². The van der Waals surface area contributed by atoms with Crippen LogP contribution in [-0.2, 0) is 18.4 Å². The van der Waals surface area contributed by atoms with Gasteiger partial charge in [0.15, 0.2) is 11.6 Å². The van der Waals surface area contributed by atoms with Crippen molar-refractivity contribution < 1.29 is 19.0 Å². The Hall–Kier alpha value is -2.57. The summed E-state index contributed by atoms with van der Waals surface area (Å²) >= 11 is 0. The second-order valence-electron chi connectivity index (χ2n) is 6.42. The van der Waals surface area contributed by atoms with E-state index in [1.54, 1.807) is 36.0 Å². The van der Waals surface area contributed by atoms with Crippen LogP contribution in [0.15, 0.2) is 24.5 Å². The number of nitrogens with zero attached hydrogens (tertiary/aromatic N) is 3. The number of aromatic hydroxyl groups is 1. The smallest absolute Gasteiger partial charge is 0.410 e. The lowest BCUT2D eigenvalue weighted by Gasteiger charge is -2.23. The summed E-state index contributed by atoms with van der Waals surface area (Å²) in [5, 5.41) is 9.33. The van der Waals surface area contributed by atoms with E-state index in [-0.39, 0.29) is 18.7 Å². The number of aryl methyl sites for hydroxylation is 1. The van der Waals surface area contributed by atoms with Crippen LogP contribution in [0.25, 0.3) is 11.3 Å². The van der Waals surface area contributed by atoms with Gasteiger partial charge in [-0.05, 0) is 31.0 Å². The number of amides is 1. The van der Waals surface area contributed by atoms with E-state index in [0.29, 0.717) is 17.0 Å². The summed E-state index contributed by atoms with van der Waals surface area (Å²) in [4.78, 5) is 18.2. The second-order valence-corrected chi connectivity index (χ2v) is 6.42. The van der Waals surface area contributed by atoms with Crippen LogP contribution in [0.5, 0.6) is 5.75 Å². The molecular weight excluding hydrogens is 325 g/mol. The molecular formula is C18H22FN3O3. The molecule has 1 heterocycles. The van der Waals surface area contributed by atoms with Crippen LogP contribution >= 0.6 is 0 Å². The molecule has 1 aliphatic rings. The molecule has 0 saturated heterocycles. The Kier molecular flexibility index (Phi) is 4.92. The molecule has 0 aliphatic heterocycles. The van der Waals surface area contributed by atoms with Crippen molar-refractivity contribution in [2.24, 2.45) is 7.05 Å². The van der Waals surface area contributed by atoms with Gasteiger partial charge in [0.1, 0.15) is 6.61 Å². The molecule has 2 aromatic rings. The predicted octanol–water partition coefficient (Wildman–Crippen LogP) is 3.44. The van der Waals surface area contributed by atoms with E-state index in [1.165, 1.54) is 12.1 Å². The van der Waals surface area contributed by atoms with Crippen molar-refractivity contribution in [1.29, 1.82) is 0 Å². The normalized spacial score (nSPS) is 14.7. The lowest BCUT2D eigenvalue weighted by molar-refractivity contribution is 0.0902. The maximum Gasteiger partial charge on any atom is 0.410 e. The van der Waals surface area contributed by atoms with Gasteiger partial charge < -0.3 is 19.3 Å². The minimum absolute atomic E-state index is 0.0459. The standard InChI is InChI=1S/C18H22FN3O3/c1-21-11-20-17(12-7-8-16(23)14(19)9-12)15(21)10-25-18(24)22(2)13-5-3-4-6-13/h7-9,11,13,23H,3-6,10H2,1-2H3. The number of imidazole rings is 1. The summed E-state index contributed by atoms with van der Waals surface area (Å²) in [6, 6.07) is 4.32. The van der Waals surface area contributed by atoms with Crippen molar-refractivity contribution in [2.75, 3.05) is 7.05 Å². The molecule has 0 spiro atoms. The van der Waals surface area contributed by atoms with Crippen LogP contribution in [0.3, 0.4) is 0 Å². The van der Waals surface area contributed by atoms with E-state index in [2.05, 4.69) is 4.98 Å². The molecule has 25 heavy (non-hydrogen) atoms. The van der Waals surface area contributed by atoms with Gasteiger partial charge in [0, 0.05) is 25.7 Å². The first-order valence-electron chi connectivity index (χ1n) is 8.36. The minimum atomic E-state index is -0.716. The highest BCUT2D eigenvalue weighted by molar-refractivity contribution is 5.68. The van der Waals surface area contributed by atoms with E-state index in [4.69, 9.17) is 4.74 Å². The van der Waals surface area contributed by atoms with Gasteiger partial charge in [-0.2, -0.15) is 0 Å². The minimum Gasteiger partial charge on any atom is -0.505 e. The van der Waals surface area contributed by atoms with Crippen LogP contribution in [-0.4, -0.2) is 38.7 Å². The number of ether oxygens (including phenoxy) is 1. The van der Waals surface area contributed by atoms with Gasteiger partial charge >= 0.3 is 6.09 Å². The Morgan fingerprint density at radius 1 is 1.44 bits per heavy atom. The summed E-state index contributed by atoms with van der Waals surface area (Å²) in [5.41, 5.74) is 1.71. The number of phenolic OH excluding ortho intramolecular Hbond substituents is 1. The van der Waals surface area contributed by atoms with Crippen molar-refractivity contribution in [3.8, 4) is 17.0 Å². The summed E-state index contributed by atoms with van der Waals surface area (Å²) in [5.74, 6) is -1.13. The maximum absolute atomic E-state index is 13.6. The number of hydrogen-bond acceptors (Lipinski definition) is 4. The van der Waals surface area contributed by atoms with Gasteiger partial charge in [-0.3, -0.25) is 0 Å². The van der Waals surface area contributed by atoms with Gasteiger partial charge in [-0.25, -0.2) is 14.2 Å². The van der Waals surface area contributed by atoms with Crippen molar-refractivity contribution in [3.63, 3.8) is 0 Å². The highest BCUT2D eigenvalue weighted by Crippen LogP contribution is 2.27. The third-order valence-corrected chi connectivity index (χ3v) is 4.77. The number of benzene rings is 1. The summed E-state index contributed by atoms with van der Waals surface area (Å²) in [6.45, 7) is 0.0459. The highest BCUT2D eigenvalue weighted by atomic mass is 19.1. The first-order chi connectivity index (χ1) is 12.0. The van der Waals surface area contributed by atoms with Gasteiger partial charge in [-0.15, -0.1) is 0 Å². The highest BCUT2D eigenvalue weighted by Gasteiger charge is 2.25. The van der Waals surface area contributed by atoms with Gasteiger partial charge in [0.2, 0.25) is 0 Å². The lowest BCUT2D eigenvalue weighted by Crippen LogP contribution is -2.35. The average Bonchev–Trinajstić information content (AvgIpc) is 3.24. The second kappa shape index (κ2) is 7.13. The van der Waals surface area contributed by atoms with Crippen LogP contribution in [0, 0.1) is 5.82 Å². The number of carbonyl (C=O) groups excluding carboxylic acids is 1. The van der Waals surface area contributed by atoms with E-state index >= 15 is 0 Å². The topological polar surface area (TPSA) is 67.6 Å². The van der Waals surface area contributed by atoms with Crippen LogP contribution in [0.4, 0.5) is 9.18 Å². The van der Waals surface area contributed by atoms with Crippen LogP contribution in [0.1, 0.15) is 31.4 Å². The molecule has 1 N–H and O–H groups in total. The fourth-order valence-electron chi connectivity index (χ4n) is 3.19. The number of carbonyl (C=O) groups is 1. The van der Waals surface area contributed by atoms with Crippen molar-refractivity contribution in [2.45, 2.75) is 38.3 Å². The summed E-state index contributed by atoms with van der Waals surface area (Å²) in [6.07, 6.45) is 5.52. The largest absolute Gasteiger partial charge is 0.505 e. The van der Waals surface area contributed by atoms with Crippen LogP contribution in [0.2, 0.25) is 0 Å². The molecule has 0 atom stereocenters. The Bertz CT molecular complexity index is 769. The predicted molar refractivity (Wildman–Crippen MR) is 90.5 cm³/mol. The van der Waals surface area contributed by atoms with E-state index in [9.17, 15) is 14.3 Å². The molecule has 1 fully saturated rings. The van der Waals surface area contributed by atoms with Crippen LogP contribution < -0.4 is 0 Å². The van der Waals surface area contributed by atoms with Crippen molar-refractivity contribution in [3.05, 3.63) is 36.0 Å². The van der Waals surface area contributed by atoms with E-state index < -0.39 is 11.6 Å². The maximum atomic E-state index is 13.6. The van der Waals surface area contributed by atoms with Gasteiger partial charge in [0.05, 0.1) is 17.7 Å². The molecule has 1 aromatic heterocycles. The number of hydrogen-bond donors (Lipinski definition) is 1. The molecule has 0 bridgehead atoms. The SMILES string of the molecule is CN(C(=O)OCc1c(-c2ccc(O)c(F)c2)ncn1C)C1CCCC1. The summed E-state index contributed by atoms with van der Waals surface area (Å²) in [7, 11) is 3.55. The zero-order valence-corrected chi connectivity index (χ0v) is 14.4. The first-order valence-corrected chi connectivity index (χ1v) is 8.36. The molecule has 0 unspecified atom stereocenters. The molecule has 6 nitrogen and oxygen atoms in total. The van der Waals surface area contributed by atoms with Gasteiger partial charge in [0.25, 0.3) is 0 Å². The van der Waals surface area contributed by atoms with Crippen molar-refractivity contribution >= 4 is 6.09 Å². The van der Waals surface area contributed by atoms with Gasteiger partial charge in [-0.1, -0.05) is 12.8 Å². The molecule has 1 amide bonds. The Labute approximate surface area is 145 Å². The molecule has 3 rings (SSSR count). The molecule has 7 heteroatoms.